The fraction of sp³-hybridized carbons (Fsp3) is 0.0526. The summed E-state index contributed by atoms with van der Waals surface area (Å²) in [6, 6.07) is 16.4. The van der Waals surface area contributed by atoms with Crippen molar-refractivity contribution < 1.29 is 34.0 Å². The van der Waals surface area contributed by atoms with Gasteiger partial charge in [0.2, 0.25) is 0 Å². The molecule has 3 aromatic carbocycles. The van der Waals surface area contributed by atoms with E-state index in [4.69, 9.17) is 3.63 Å². The summed E-state index contributed by atoms with van der Waals surface area (Å²) in [5.74, 6) is -2.20. The van der Waals surface area contributed by atoms with Gasteiger partial charge in [-0.15, -0.1) is 0 Å². The molecule has 10 heteroatoms. The van der Waals surface area contributed by atoms with Gasteiger partial charge >= 0.3 is 15.6 Å². The first-order valence-corrected chi connectivity index (χ1v) is 11.0. The van der Waals surface area contributed by atoms with Gasteiger partial charge in [0.25, 0.3) is 0 Å². The van der Waals surface area contributed by atoms with Gasteiger partial charge in [0.05, 0.1) is 4.90 Å². The molecular formula is C19H13F5O3S2. The molecule has 0 fully saturated rings. The third kappa shape index (κ3) is 4.00. The van der Waals surface area contributed by atoms with Gasteiger partial charge in [-0.05, 0) is 46.7 Å². The van der Waals surface area contributed by atoms with Gasteiger partial charge in [0, 0.05) is 15.9 Å². The maximum absolute atomic E-state index is 14.8. The molecule has 0 aliphatic heterocycles. The van der Waals surface area contributed by atoms with E-state index in [1.165, 1.54) is 48.5 Å². The highest BCUT2D eigenvalue weighted by molar-refractivity contribution is 8.33. The zero-order chi connectivity index (χ0) is 21.3. The molecule has 0 aliphatic rings. The quantitative estimate of drug-likeness (QED) is 0.354. The van der Waals surface area contributed by atoms with Crippen LogP contribution in [0.1, 0.15) is 0 Å². The van der Waals surface area contributed by atoms with Gasteiger partial charge in [-0.3, -0.25) is 0 Å². The van der Waals surface area contributed by atoms with E-state index in [1.54, 1.807) is 12.1 Å². The summed E-state index contributed by atoms with van der Waals surface area (Å²) in [6.45, 7) is 0. The molecule has 0 aliphatic carbocycles. The van der Waals surface area contributed by atoms with E-state index in [1.807, 2.05) is 0 Å². The van der Waals surface area contributed by atoms with E-state index >= 15 is 0 Å². The Balaban J connectivity index is 2.43. The highest BCUT2D eigenvalue weighted by atomic mass is 32.3. The van der Waals surface area contributed by atoms with Crippen molar-refractivity contribution in [1.82, 2.24) is 0 Å². The second-order valence-electron chi connectivity index (χ2n) is 5.72. The van der Waals surface area contributed by atoms with Gasteiger partial charge in [0.15, 0.2) is 0 Å². The fourth-order valence-corrected chi connectivity index (χ4v) is 7.37. The van der Waals surface area contributed by atoms with Crippen molar-refractivity contribution in [3.05, 3.63) is 90.5 Å². The Kier molecular flexibility index (Phi) is 5.70. The summed E-state index contributed by atoms with van der Waals surface area (Å²) in [6.07, 6.45) is 0. The lowest BCUT2D eigenvalue weighted by molar-refractivity contribution is -0.0496. The first-order valence-electron chi connectivity index (χ1n) is 7.99. The lowest BCUT2D eigenvalue weighted by Gasteiger charge is -2.39. The van der Waals surface area contributed by atoms with E-state index in [0.717, 1.165) is 12.1 Å². The minimum atomic E-state index is -6.15. The summed E-state index contributed by atoms with van der Waals surface area (Å²) in [5.41, 5.74) is -5.74. The van der Waals surface area contributed by atoms with Crippen molar-refractivity contribution in [1.29, 1.82) is 0 Å². The zero-order valence-electron chi connectivity index (χ0n) is 14.4. The third-order valence-electron chi connectivity index (χ3n) is 3.83. The van der Waals surface area contributed by atoms with Crippen LogP contribution in [-0.2, 0) is 13.7 Å². The largest absolute Gasteiger partial charge is 0.524 e. The number of rotatable bonds is 5. The Labute approximate surface area is 165 Å². The highest BCUT2D eigenvalue weighted by Gasteiger charge is 2.53. The molecular weight excluding hydrogens is 435 g/mol. The summed E-state index contributed by atoms with van der Waals surface area (Å²) in [7, 11) is -9.92. The van der Waals surface area contributed by atoms with Crippen molar-refractivity contribution in [2.24, 2.45) is 0 Å². The van der Waals surface area contributed by atoms with Gasteiger partial charge in [-0.2, -0.15) is 25.2 Å². The normalized spacial score (nSPS) is 13.3. The molecule has 0 atom stereocenters. The lowest BCUT2D eigenvalue weighted by Crippen LogP contribution is -2.27. The van der Waals surface area contributed by atoms with Crippen LogP contribution in [0.3, 0.4) is 0 Å². The second kappa shape index (κ2) is 7.77. The Morgan fingerprint density at radius 1 is 0.724 bits per heavy atom. The van der Waals surface area contributed by atoms with E-state index in [-0.39, 0.29) is 9.79 Å². The van der Waals surface area contributed by atoms with Crippen molar-refractivity contribution in [2.45, 2.75) is 20.2 Å². The molecule has 0 unspecified atom stereocenters. The van der Waals surface area contributed by atoms with Crippen LogP contribution in [0.25, 0.3) is 0 Å². The molecule has 0 aromatic heterocycles. The van der Waals surface area contributed by atoms with Crippen molar-refractivity contribution in [2.75, 3.05) is 0 Å². The average Bonchev–Trinajstić information content (AvgIpc) is 2.67. The van der Waals surface area contributed by atoms with Gasteiger partial charge in [0.1, 0.15) is 11.6 Å². The number of halogens is 5. The standard InChI is InChI=1S/C19H13F5O3S2/c20-14-11-12-18(17(21)13-14)28(15-7-3-1-4-8-15,16-9-5-2-6-10-16)27-29(25,26)19(22,23)24/h1-13H. The maximum Gasteiger partial charge on any atom is 0.524 e. The van der Waals surface area contributed by atoms with E-state index in [0.29, 0.717) is 6.07 Å². The minimum Gasteiger partial charge on any atom is -0.207 e. The monoisotopic (exact) mass is 448 g/mol. The predicted octanol–water partition coefficient (Wildman–Crippen LogP) is 6.03. The molecule has 0 spiro atoms. The van der Waals surface area contributed by atoms with Crippen LogP contribution in [0.4, 0.5) is 22.0 Å². The first-order chi connectivity index (χ1) is 13.6. The second-order valence-corrected chi connectivity index (χ2v) is 10.1. The van der Waals surface area contributed by atoms with Crippen LogP contribution in [0, 0.1) is 11.6 Å². The molecule has 154 valence electrons. The summed E-state index contributed by atoms with van der Waals surface area (Å²) < 4.78 is 96.9. The van der Waals surface area contributed by atoms with Crippen LogP contribution >= 0.6 is 10.3 Å². The topological polar surface area (TPSA) is 43.4 Å². The fourth-order valence-electron chi connectivity index (χ4n) is 2.61. The average molecular weight is 448 g/mol. The number of hydrogen-bond donors (Lipinski definition) is 0. The molecule has 0 radical (unpaired) electrons. The number of hydrogen-bond acceptors (Lipinski definition) is 3. The highest BCUT2D eigenvalue weighted by Crippen LogP contribution is 2.71. The summed E-state index contributed by atoms with van der Waals surface area (Å²) in [4.78, 5) is -0.529. The summed E-state index contributed by atoms with van der Waals surface area (Å²) >= 11 is 0. The minimum absolute atomic E-state index is 0.00969. The molecule has 0 amide bonds. The number of benzene rings is 3. The molecule has 0 saturated carbocycles. The van der Waals surface area contributed by atoms with Crippen molar-refractivity contribution in [3.63, 3.8) is 0 Å². The first kappa shape index (κ1) is 21.3. The number of alkyl halides is 3. The maximum atomic E-state index is 14.8. The van der Waals surface area contributed by atoms with Gasteiger partial charge in [-0.25, -0.2) is 8.78 Å². The van der Waals surface area contributed by atoms with Crippen LogP contribution in [-0.4, -0.2) is 13.9 Å². The Hall–Kier alpha value is -2.43. The molecule has 29 heavy (non-hydrogen) atoms. The molecule has 3 aromatic rings. The van der Waals surface area contributed by atoms with E-state index in [2.05, 4.69) is 0 Å². The SMILES string of the molecule is O=S(=O)(OS(c1ccccc1)(c1ccccc1)c1ccc(F)cc1F)C(F)(F)F. The smallest absolute Gasteiger partial charge is 0.207 e. The molecule has 0 bridgehead atoms. The van der Waals surface area contributed by atoms with Crippen LogP contribution in [0.5, 0.6) is 0 Å². The lowest BCUT2D eigenvalue weighted by atomic mass is 10.3. The van der Waals surface area contributed by atoms with Gasteiger partial charge in [-0.1, -0.05) is 36.4 Å². The van der Waals surface area contributed by atoms with E-state index in [9.17, 15) is 30.4 Å². The van der Waals surface area contributed by atoms with Crippen LogP contribution < -0.4 is 0 Å². The van der Waals surface area contributed by atoms with Crippen molar-refractivity contribution in [3.8, 4) is 0 Å². The van der Waals surface area contributed by atoms with Crippen LogP contribution in [0.15, 0.2) is 93.5 Å². The summed E-state index contributed by atoms with van der Waals surface area (Å²) in [5, 5.41) is 0. The molecule has 3 nitrogen and oxygen atoms in total. The van der Waals surface area contributed by atoms with Crippen LogP contribution in [0.2, 0.25) is 0 Å². The Morgan fingerprint density at radius 2 is 1.21 bits per heavy atom. The Bertz CT molecular complexity index is 1060. The molecule has 0 N–H and O–H groups in total. The van der Waals surface area contributed by atoms with E-state index < -0.39 is 42.5 Å². The zero-order valence-corrected chi connectivity index (χ0v) is 16.1. The predicted molar refractivity (Wildman–Crippen MR) is 97.7 cm³/mol. The molecule has 3 rings (SSSR count). The van der Waals surface area contributed by atoms with Gasteiger partial charge < -0.3 is 0 Å². The van der Waals surface area contributed by atoms with Crippen molar-refractivity contribution >= 4 is 20.4 Å². The molecule has 0 heterocycles. The Morgan fingerprint density at radius 3 is 1.62 bits per heavy atom. The third-order valence-corrected chi connectivity index (χ3v) is 8.75. The molecule has 0 saturated heterocycles.